The highest BCUT2D eigenvalue weighted by Gasteiger charge is 2.31. The molecule has 8 heteroatoms. The van der Waals surface area contributed by atoms with Crippen molar-refractivity contribution < 1.29 is 27.4 Å². The van der Waals surface area contributed by atoms with Crippen molar-refractivity contribution in [2.75, 3.05) is 7.11 Å². The van der Waals surface area contributed by atoms with Crippen molar-refractivity contribution in [3.8, 4) is 16.9 Å². The van der Waals surface area contributed by atoms with Gasteiger partial charge in [0.15, 0.2) is 0 Å². The van der Waals surface area contributed by atoms with Crippen LogP contribution < -0.4 is 4.74 Å². The van der Waals surface area contributed by atoms with Crippen molar-refractivity contribution in [1.29, 1.82) is 0 Å². The zero-order valence-electron chi connectivity index (χ0n) is 11.1. The smallest absolute Gasteiger partial charge is 0.465 e. The largest absolute Gasteiger partial charge is 0.573 e. The predicted octanol–water partition coefficient (Wildman–Crippen LogP) is 4.09. The van der Waals surface area contributed by atoms with Gasteiger partial charge in [-0.15, -0.1) is 13.2 Å². The number of alkyl halides is 3. The van der Waals surface area contributed by atoms with Crippen LogP contribution in [0.15, 0.2) is 36.5 Å². The normalized spacial score (nSPS) is 11.1. The van der Waals surface area contributed by atoms with Crippen molar-refractivity contribution in [3.63, 3.8) is 0 Å². The second kappa shape index (κ2) is 6.23. The first-order valence-corrected chi connectivity index (χ1v) is 6.28. The third kappa shape index (κ3) is 3.88. The Kier molecular flexibility index (Phi) is 4.56. The van der Waals surface area contributed by atoms with E-state index in [1.165, 1.54) is 31.5 Å². The van der Waals surface area contributed by atoms with Gasteiger partial charge >= 0.3 is 12.3 Å². The average Bonchev–Trinajstić information content (AvgIpc) is 2.45. The van der Waals surface area contributed by atoms with Gasteiger partial charge in [0.05, 0.1) is 12.7 Å². The van der Waals surface area contributed by atoms with Crippen LogP contribution in [-0.4, -0.2) is 24.4 Å². The number of carbonyl (C=O) groups excluding carboxylic acids is 1. The summed E-state index contributed by atoms with van der Waals surface area (Å²) in [5.74, 6) is -1.03. The van der Waals surface area contributed by atoms with Crippen LogP contribution in [0.2, 0.25) is 5.15 Å². The highest BCUT2D eigenvalue weighted by molar-refractivity contribution is 6.32. The van der Waals surface area contributed by atoms with Crippen LogP contribution in [-0.2, 0) is 4.74 Å². The number of hydrogen-bond acceptors (Lipinski definition) is 4. The number of esters is 1. The number of nitrogens with zero attached hydrogens (tertiary/aromatic N) is 1. The lowest BCUT2D eigenvalue weighted by atomic mass is 10.1. The van der Waals surface area contributed by atoms with Crippen LogP contribution >= 0.6 is 11.6 Å². The number of halogens is 4. The van der Waals surface area contributed by atoms with Crippen molar-refractivity contribution in [3.05, 3.63) is 47.2 Å². The number of aromatic nitrogens is 1. The zero-order valence-corrected chi connectivity index (χ0v) is 11.9. The first kappa shape index (κ1) is 16.1. The summed E-state index contributed by atoms with van der Waals surface area (Å²) < 4.78 is 45.2. The SMILES string of the molecule is COC(=O)c1cnc(Cl)c(-c2cccc(OC(F)(F)F)c2)c1. The number of benzene rings is 1. The summed E-state index contributed by atoms with van der Waals surface area (Å²) in [5, 5.41) is 0.0387. The molecule has 0 spiro atoms. The summed E-state index contributed by atoms with van der Waals surface area (Å²) in [4.78, 5) is 15.3. The molecule has 0 saturated heterocycles. The Morgan fingerprint density at radius 3 is 2.64 bits per heavy atom. The predicted molar refractivity (Wildman–Crippen MR) is 72.7 cm³/mol. The topological polar surface area (TPSA) is 48.4 Å². The van der Waals surface area contributed by atoms with Crippen molar-refractivity contribution >= 4 is 17.6 Å². The Morgan fingerprint density at radius 1 is 1.27 bits per heavy atom. The Hall–Kier alpha value is -2.28. The van der Waals surface area contributed by atoms with Crippen LogP contribution in [0.5, 0.6) is 5.75 Å². The maximum atomic E-state index is 12.2. The van der Waals surface area contributed by atoms with Gasteiger partial charge in [-0.05, 0) is 23.8 Å². The molecule has 22 heavy (non-hydrogen) atoms. The molecule has 0 unspecified atom stereocenters. The number of pyridine rings is 1. The van der Waals surface area contributed by atoms with Gasteiger partial charge < -0.3 is 9.47 Å². The van der Waals surface area contributed by atoms with E-state index in [1.807, 2.05) is 0 Å². The van der Waals surface area contributed by atoms with Crippen molar-refractivity contribution in [2.24, 2.45) is 0 Å². The van der Waals surface area contributed by atoms with Crippen molar-refractivity contribution in [2.45, 2.75) is 6.36 Å². The lowest BCUT2D eigenvalue weighted by Gasteiger charge is -2.11. The van der Waals surface area contributed by atoms with E-state index in [0.717, 1.165) is 12.1 Å². The van der Waals surface area contributed by atoms with Gasteiger partial charge in [0.1, 0.15) is 10.9 Å². The van der Waals surface area contributed by atoms with E-state index >= 15 is 0 Å². The van der Waals surface area contributed by atoms with E-state index in [9.17, 15) is 18.0 Å². The van der Waals surface area contributed by atoms with Crippen molar-refractivity contribution in [1.82, 2.24) is 4.98 Å². The van der Waals surface area contributed by atoms with E-state index in [2.05, 4.69) is 14.5 Å². The fraction of sp³-hybridized carbons (Fsp3) is 0.143. The third-order valence-corrected chi connectivity index (χ3v) is 2.94. The Bertz CT molecular complexity index is 704. The lowest BCUT2D eigenvalue weighted by molar-refractivity contribution is -0.274. The Balaban J connectivity index is 2.43. The number of rotatable bonds is 3. The molecule has 0 atom stereocenters. The van der Waals surface area contributed by atoms with E-state index in [-0.39, 0.29) is 16.3 Å². The highest BCUT2D eigenvalue weighted by Crippen LogP contribution is 2.31. The summed E-state index contributed by atoms with van der Waals surface area (Å²) in [6, 6.07) is 6.58. The van der Waals surface area contributed by atoms with E-state index in [4.69, 9.17) is 11.6 Å². The van der Waals surface area contributed by atoms with Crippen LogP contribution in [0, 0.1) is 0 Å². The molecule has 0 N–H and O–H groups in total. The van der Waals surface area contributed by atoms with Gasteiger partial charge in [-0.3, -0.25) is 0 Å². The summed E-state index contributed by atoms with van der Waals surface area (Å²) in [5.41, 5.74) is 0.742. The quantitative estimate of drug-likeness (QED) is 0.628. The Morgan fingerprint density at radius 2 is 2.00 bits per heavy atom. The minimum atomic E-state index is -4.80. The number of ether oxygens (including phenoxy) is 2. The molecule has 1 heterocycles. The molecule has 1 aromatic carbocycles. The maximum absolute atomic E-state index is 12.2. The summed E-state index contributed by atoms with van der Waals surface area (Å²) in [6.45, 7) is 0. The standard InChI is InChI=1S/C14H9ClF3NO3/c1-21-13(20)9-6-11(12(15)19-7-9)8-3-2-4-10(5-8)22-14(16,17)18/h2-7H,1H3. The molecule has 0 aliphatic carbocycles. The molecule has 2 rings (SSSR count). The molecule has 0 aliphatic heterocycles. The zero-order chi connectivity index (χ0) is 16.3. The molecule has 2 aromatic rings. The summed E-state index contributed by atoms with van der Waals surface area (Å²) in [7, 11) is 1.20. The van der Waals surface area contributed by atoms with Gasteiger partial charge in [0.25, 0.3) is 0 Å². The number of hydrogen-bond donors (Lipinski definition) is 0. The first-order chi connectivity index (χ1) is 10.3. The van der Waals surface area contributed by atoms with Gasteiger partial charge in [-0.1, -0.05) is 23.7 Å². The van der Waals surface area contributed by atoms with Crippen LogP contribution in [0.25, 0.3) is 11.1 Å². The molecular formula is C14H9ClF3NO3. The fourth-order valence-corrected chi connectivity index (χ4v) is 1.95. The molecule has 116 valence electrons. The summed E-state index contributed by atoms with van der Waals surface area (Å²) >= 11 is 5.94. The summed E-state index contributed by atoms with van der Waals surface area (Å²) in [6.07, 6.45) is -3.58. The molecule has 0 fully saturated rings. The lowest BCUT2D eigenvalue weighted by Crippen LogP contribution is -2.17. The van der Waals surface area contributed by atoms with E-state index in [0.29, 0.717) is 5.56 Å². The maximum Gasteiger partial charge on any atom is 0.573 e. The average molecular weight is 332 g/mol. The third-order valence-electron chi connectivity index (χ3n) is 2.64. The molecule has 0 radical (unpaired) electrons. The van der Waals surface area contributed by atoms with Gasteiger partial charge in [-0.2, -0.15) is 0 Å². The minimum absolute atomic E-state index is 0.0387. The molecule has 0 saturated carbocycles. The number of methoxy groups -OCH3 is 1. The second-order valence-corrected chi connectivity index (χ2v) is 4.49. The fourth-order valence-electron chi connectivity index (χ4n) is 1.74. The van der Waals surface area contributed by atoms with E-state index < -0.39 is 18.1 Å². The molecular weight excluding hydrogens is 323 g/mol. The molecule has 0 amide bonds. The Labute approximate surface area is 128 Å². The number of carbonyl (C=O) groups is 1. The van der Waals surface area contributed by atoms with E-state index in [1.54, 1.807) is 0 Å². The van der Waals surface area contributed by atoms with Gasteiger partial charge in [0.2, 0.25) is 0 Å². The van der Waals surface area contributed by atoms with Crippen LogP contribution in [0.1, 0.15) is 10.4 Å². The molecule has 4 nitrogen and oxygen atoms in total. The van der Waals surface area contributed by atoms with Gasteiger partial charge in [-0.25, -0.2) is 9.78 Å². The molecule has 0 bridgehead atoms. The minimum Gasteiger partial charge on any atom is -0.465 e. The van der Waals surface area contributed by atoms with Crippen LogP contribution in [0.4, 0.5) is 13.2 Å². The van der Waals surface area contributed by atoms with Crippen LogP contribution in [0.3, 0.4) is 0 Å². The monoisotopic (exact) mass is 331 g/mol. The highest BCUT2D eigenvalue weighted by atomic mass is 35.5. The second-order valence-electron chi connectivity index (χ2n) is 4.13. The molecule has 0 aliphatic rings. The molecule has 1 aromatic heterocycles. The first-order valence-electron chi connectivity index (χ1n) is 5.90. The van der Waals surface area contributed by atoms with Gasteiger partial charge in [0, 0.05) is 11.8 Å².